The lowest BCUT2D eigenvalue weighted by Crippen LogP contribution is -2.37. The number of hydrogen-bond donors (Lipinski definition) is 1. The monoisotopic (exact) mass is 435 g/mol. The Morgan fingerprint density at radius 3 is 2.79 bits per heavy atom. The lowest BCUT2D eigenvalue weighted by Gasteiger charge is -2.37. The van der Waals surface area contributed by atoms with E-state index in [1.165, 1.54) is 6.42 Å². The van der Waals surface area contributed by atoms with Crippen molar-refractivity contribution in [1.29, 1.82) is 0 Å². The minimum absolute atomic E-state index is 0.114. The molecular weight excluding hydrogens is 417 g/mol. The molecule has 2 rings (SSSR count). The fourth-order valence-corrected chi connectivity index (χ4v) is 3.50. The molecule has 1 amide bonds. The zero-order valence-electron chi connectivity index (χ0n) is 11.3. The summed E-state index contributed by atoms with van der Waals surface area (Å²) in [4.78, 5) is 12.5. The Bertz CT molecular complexity index is 487. The van der Waals surface area contributed by atoms with E-state index in [-0.39, 0.29) is 17.2 Å². The summed E-state index contributed by atoms with van der Waals surface area (Å²) in [6.45, 7) is 4.42. The molecular formula is C15H19BrINO. The third-order valence-corrected chi connectivity index (χ3v) is 6.35. The molecule has 1 aromatic rings. The van der Waals surface area contributed by atoms with Gasteiger partial charge in [-0.2, -0.15) is 0 Å². The Labute approximate surface area is 137 Å². The predicted molar refractivity (Wildman–Crippen MR) is 91.2 cm³/mol. The summed E-state index contributed by atoms with van der Waals surface area (Å²) in [5, 5.41) is 3.06. The molecule has 1 atom stereocenters. The maximum absolute atomic E-state index is 12.5. The van der Waals surface area contributed by atoms with Crippen molar-refractivity contribution in [1.82, 2.24) is 0 Å². The first-order valence-electron chi connectivity index (χ1n) is 6.66. The molecule has 0 spiro atoms. The van der Waals surface area contributed by atoms with Crippen LogP contribution in [0.2, 0.25) is 0 Å². The topological polar surface area (TPSA) is 29.1 Å². The Morgan fingerprint density at radius 1 is 1.42 bits per heavy atom. The van der Waals surface area contributed by atoms with Crippen LogP contribution in [0.5, 0.6) is 0 Å². The Balaban J connectivity index is 2.09. The summed E-state index contributed by atoms with van der Waals surface area (Å²) >= 11 is 5.76. The van der Waals surface area contributed by atoms with Gasteiger partial charge in [-0.05, 0) is 75.0 Å². The first-order chi connectivity index (χ1) is 8.90. The Kier molecular flexibility index (Phi) is 4.93. The highest BCUT2D eigenvalue weighted by atomic mass is 127. The third-order valence-electron chi connectivity index (χ3n) is 4.01. The molecule has 1 unspecified atom stereocenters. The van der Waals surface area contributed by atoms with Crippen LogP contribution in [0.15, 0.2) is 22.7 Å². The van der Waals surface area contributed by atoms with Gasteiger partial charge in [0.2, 0.25) is 5.91 Å². The van der Waals surface area contributed by atoms with Crippen LogP contribution in [0.3, 0.4) is 0 Å². The SMILES string of the molecule is CC1(C)CCCCC1C(=O)Nc1ccc(I)c(Br)c1. The maximum atomic E-state index is 12.5. The number of carbonyl (C=O) groups is 1. The van der Waals surface area contributed by atoms with Crippen LogP contribution >= 0.6 is 38.5 Å². The van der Waals surface area contributed by atoms with Crippen LogP contribution in [0.4, 0.5) is 5.69 Å². The van der Waals surface area contributed by atoms with Crippen molar-refractivity contribution < 1.29 is 4.79 Å². The van der Waals surface area contributed by atoms with Gasteiger partial charge in [0.15, 0.2) is 0 Å². The van der Waals surface area contributed by atoms with Crippen molar-refractivity contribution in [2.45, 2.75) is 39.5 Å². The minimum Gasteiger partial charge on any atom is -0.326 e. The molecule has 0 aliphatic heterocycles. The van der Waals surface area contributed by atoms with E-state index in [0.29, 0.717) is 0 Å². The van der Waals surface area contributed by atoms with Crippen LogP contribution in [-0.2, 0) is 4.79 Å². The van der Waals surface area contributed by atoms with Gasteiger partial charge in [-0.15, -0.1) is 0 Å². The minimum atomic E-state index is 0.114. The second-order valence-electron chi connectivity index (χ2n) is 5.91. The lowest BCUT2D eigenvalue weighted by molar-refractivity contribution is -0.124. The first kappa shape index (κ1) is 15.3. The van der Waals surface area contributed by atoms with Crippen molar-refractivity contribution in [3.8, 4) is 0 Å². The molecule has 2 nitrogen and oxygen atoms in total. The van der Waals surface area contributed by atoms with Crippen molar-refractivity contribution in [3.63, 3.8) is 0 Å². The summed E-state index contributed by atoms with van der Waals surface area (Å²) in [5.74, 6) is 0.289. The third kappa shape index (κ3) is 3.72. The predicted octanol–water partition coefficient (Wildman–Crippen LogP) is 5.21. The number of anilines is 1. The summed E-state index contributed by atoms with van der Waals surface area (Å²) in [6.07, 6.45) is 4.55. The molecule has 19 heavy (non-hydrogen) atoms. The number of amides is 1. The normalized spacial score (nSPS) is 22.0. The van der Waals surface area contributed by atoms with Crippen molar-refractivity contribution in [2.75, 3.05) is 5.32 Å². The summed E-state index contributed by atoms with van der Waals surface area (Å²) < 4.78 is 2.17. The number of halogens is 2. The van der Waals surface area contributed by atoms with E-state index < -0.39 is 0 Å². The second kappa shape index (κ2) is 6.12. The highest BCUT2D eigenvalue weighted by Crippen LogP contribution is 2.41. The van der Waals surface area contributed by atoms with Gasteiger partial charge in [-0.1, -0.05) is 26.7 Å². The van der Waals surface area contributed by atoms with Gasteiger partial charge in [-0.3, -0.25) is 4.79 Å². The molecule has 1 saturated carbocycles. The molecule has 1 N–H and O–H groups in total. The molecule has 104 valence electrons. The van der Waals surface area contributed by atoms with E-state index in [9.17, 15) is 4.79 Å². The molecule has 0 radical (unpaired) electrons. The van der Waals surface area contributed by atoms with Gasteiger partial charge in [0.1, 0.15) is 0 Å². The number of rotatable bonds is 2. The van der Waals surface area contributed by atoms with Gasteiger partial charge >= 0.3 is 0 Å². The fraction of sp³-hybridized carbons (Fsp3) is 0.533. The molecule has 0 heterocycles. The number of carbonyl (C=O) groups excluding carboxylic acids is 1. The maximum Gasteiger partial charge on any atom is 0.228 e. The van der Waals surface area contributed by atoms with Crippen LogP contribution in [0, 0.1) is 14.9 Å². The molecule has 4 heteroatoms. The van der Waals surface area contributed by atoms with E-state index in [2.05, 4.69) is 57.7 Å². The van der Waals surface area contributed by atoms with Gasteiger partial charge in [0.25, 0.3) is 0 Å². The van der Waals surface area contributed by atoms with Gasteiger partial charge in [0, 0.05) is 19.6 Å². The van der Waals surface area contributed by atoms with E-state index in [0.717, 1.165) is 33.0 Å². The number of benzene rings is 1. The molecule has 0 aromatic heterocycles. The van der Waals surface area contributed by atoms with Crippen molar-refractivity contribution in [3.05, 3.63) is 26.2 Å². The van der Waals surface area contributed by atoms with Crippen LogP contribution < -0.4 is 5.32 Å². The quantitative estimate of drug-likeness (QED) is 0.634. The van der Waals surface area contributed by atoms with Crippen LogP contribution in [0.25, 0.3) is 0 Å². The van der Waals surface area contributed by atoms with E-state index in [4.69, 9.17) is 0 Å². The van der Waals surface area contributed by atoms with Crippen molar-refractivity contribution >= 4 is 50.1 Å². The van der Waals surface area contributed by atoms with Gasteiger partial charge in [0.05, 0.1) is 0 Å². The largest absolute Gasteiger partial charge is 0.326 e. The smallest absolute Gasteiger partial charge is 0.228 e. The summed E-state index contributed by atoms with van der Waals surface area (Å²) in [5.41, 5.74) is 0.988. The molecule has 1 aliphatic carbocycles. The molecule has 0 bridgehead atoms. The number of nitrogens with one attached hydrogen (secondary N) is 1. The lowest BCUT2D eigenvalue weighted by atomic mass is 9.68. The molecule has 1 aromatic carbocycles. The average molecular weight is 436 g/mol. The standard InChI is InChI=1S/C15H19BrINO/c1-15(2)8-4-3-5-11(15)14(19)18-10-6-7-13(17)12(16)9-10/h6-7,9,11H,3-5,8H2,1-2H3,(H,18,19). The Hall–Kier alpha value is -0.100. The van der Waals surface area contributed by atoms with Gasteiger partial charge < -0.3 is 5.32 Å². The Morgan fingerprint density at radius 2 is 2.16 bits per heavy atom. The van der Waals surface area contributed by atoms with Gasteiger partial charge in [-0.25, -0.2) is 0 Å². The average Bonchev–Trinajstić information content (AvgIpc) is 2.33. The first-order valence-corrected chi connectivity index (χ1v) is 8.53. The van der Waals surface area contributed by atoms with E-state index in [1.54, 1.807) is 0 Å². The zero-order chi connectivity index (χ0) is 14.0. The van der Waals surface area contributed by atoms with Crippen molar-refractivity contribution in [2.24, 2.45) is 11.3 Å². The summed E-state index contributed by atoms with van der Waals surface area (Å²) in [6, 6.07) is 5.93. The highest BCUT2D eigenvalue weighted by molar-refractivity contribution is 14.1. The van der Waals surface area contributed by atoms with E-state index in [1.807, 2.05) is 18.2 Å². The number of hydrogen-bond acceptors (Lipinski definition) is 1. The highest BCUT2D eigenvalue weighted by Gasteiger charge is 2.37. The fourth-order valence-electron chi connectivity index (χ4n) is 2.78. The molecule has 0 saturated heterocycles. The molecule has 1 aliphatic rings. The second-order valence-corrected chi connectivity index (χ2v) is 7.92. The van der Waals surface area contributed by atoms with E-state index >= 15 is 0 Å². The summed E-state index contributed by atoms with van der Waals surface area (Å²) in [7, 11) is 0. The molecule has 1 fully saturated rings. The zero-order valence-corrected chi connectivity index (χ0v) is 15.0. The van der Waals surface area contributed by atoms with Crippen LogP contribution in [-0.4, -0.2) is 5.91 Å². The van der Waals surface area contributed by atoms with Crippen LogP contribution in [0.1, 0.15) is 39.5 Å².